The fraction of sp³-hybridized carbons (Fsp3) is 0.267. The minimum absolute atomic E-state index is 0.128. The normalized spacial score (nSPS) is 14.0. The second-order valence-corrected chi connectivity index (χ2v) is 5.13. The van der Waals surface area contributed by atoms with E-state index >= 15 is 0 Å². The van der Waals surface area contributed by atoms with E-state index in [0.717, 1.165) is 18.4 Å². The summed E-state index contributed by atoms with van der Waals surface area (Å²) in [6, 6.07) is 5.86. The van der Waals surface area contributed by atoms with Crippen LogP contribution in [0.25, 0.3) is 0 Å². The fourth-order valence-corrected chi connectivity index (χ4v) is 2.01. The van der Waals surface area contributed by atoms with Gasteiger partial charge in [-0.15, -0.1) is 0 Å². The molecular weight excluding hydrogens is 272 g/mol. The van der Waals surface area contributed by atoms with Gasteiger partial charge >= 0.3 is 5.97 Å². The first-order valence-corrected chi connectivity index (χ1v) is 6.66. The lowest BCUT2D eigenvalue weighted by Crippen LogP contribution is -2.10. The molecule has 0 radical (unpaired) electrons. The van der Waals surface area contributed by atoms with E-state index < -0.39 is 5.97 Å². The van der Waals surface area contributed by atoms with Crippen molar-refractivity contribution >= 4 is 5.97 Å². The molecule has 0 spiro atoms. The first-order chi connectivity index (χ1) is 10.0. The molecule has 0 saturated heterocycles. The Morgan fingerprint density at radius 1 is 1.38 bits per heavy atom. The summed E-state index contributed by atoms with van der Waals surface area (Å²) in [5, 5.41) is 9.01. The van der Waals surface area contributed by atoms with Crippen LogP contribution in [0.15, 0.2) is 29.1 Å². The number of carbonyl (C=O) groups is 1. The minimum Gasteiger partial charge on any atom is -0.478 e. The number of aromatic nitrogens is 2. The van der Waals surface area contributed by atoms with Gasteiger partial charge in [0.2, 0.25) is 5.88 Å². The Kier molecular flexibility index (Phi) is 3.21. The second-order valence-electron chi connectivity index (χ2n) is 5.13. The topological polar surface area (TPSA) is 92.3 Å². The molecule has 1 aromatic carbocycles. The SMILES string of the molecule is Cc1ccc(C(=O)O)cc1Oc1cc(=O)[nH]c(C2CC2)n1. The van der Waals surface area contributed by atoms with E-state index in [4.69, 9.17) is 9.84 Å². The number of nitrogens with one attached hydrogen (secondary N) is 1. The number of H-pyrrole nitrogens is 1. The lowest BCUT2D eigenvalue weighted by Gasteiger charge is -2.09. The third-order valence-electron chi connectivity index (χ3n) is 3.35. The Hall–Kier alpha value is -2.63. The first kappa shape index (κ1) is 13.4. The molecule has 0 amide bonds. The highest BCUT2D eigenvalue weighted by Crippen LogP contribution is 2.38. The summed E-state index contributed by atoms with van der Waals surface area (Å²) < 4.78 is 5.60. The van der Waals surface area contributed by atoms with Gasteiger partial charge in [0.1, 0.15) is 11.6 Å². The van der Waals surface area contributed by atoms with E-state index in [1.165, 1.54) is 18.2 Å². The van der Waals surface area contributed by atoms with Crippen LogP contribution in [0.3, 0.4) is 0 Å². The van der Waals surface area contributed by atoms with Gasteiger partial charge in [-0.2, -0.15) is 4.98 Å². The minimum atomic E-state index is -1.03. The molecule has 1 heterocycles. The maximum Gasteiger partial charge on any atom is 0.335 e. The number of aromatic amines is 1. The van der Waals surface area contributed by atoms with Gasteiger partial charge in [-0.1, -0.05) is 6.07 Å². The van der Waals surface area contributed by atoms with Crippen LogP contribution in [0.5, 0.6) is 11.6 Å². The molecule has 2 N–H and O–H groups in total. The molecule has 1 fully saturated rings. The average molecular weight is 286 g/mol. The van der Waals surface area contributed by atoms with E-state index in [0.29, 0.717) is 17.5 Å². The molecule has 0 aliphatic heterocycles. The van der Waals surface area contributed by atoms with Gasteiger partial charge in [0, 0.05) is 5.92 Å². The van der Waals surface area contributed by atoms with Gasteiger partial charge in [0.05, 0.1) is 11.6 Å². The van der Waals surface area contributed by atoms with Gasteiger partial charge in [-0.3, -0.25) is 4.79 Å². The van der Waals surface area contributed by atoms with Gasteiger partial charge in [-0.05, 0) is 37.5 Å². The smallest absolute Gasteiger partial charge is 0.335 e. The molecule has 1 saturated carbocycles. The maximum atomic E-state index is 11.6. The van der Waals surface area contributed by atoms with Crippen LogP contribution in [0, 0.1) is 6.92 Å². The van der Waals surface area contributed by atoms with Crippen molar-refractivity contribution < 1.29 is 14.6 Å². The van der Waals surface area contributed by atoms with Crippen LogP contribution < -0.4 is 10.3 Å². The number of hydrogen-bond donors (Lipinski definition) is 2. The molecule has 108 valence electrons. The predicted octanol–water partition coefficient (Wildman–Crippen LogP) is 2.45. The van der Waals surface area contributed by atoms with Gasteiger partial charge in [-0.25, -0.2) is 4.79 Å². The molecule has 21 heavy (non-hydrogen) atoms. The number of aryl methyl sites for hydroxylation is 1. The third kappa shape index (κ3) is 2.94. The largest absolute Gasteiger partial charge is 0.478 e. The lowest BCUT2D eigenvalue weighted by atomic mass is 10.1. The zero-order valence-electron chi connectivity index (χ0n) is 11.4. The van der Waals surface area contributed by atoms with Crippen molar-refractivity contribution in [1.29, 1.82) is 0 Å². The number of carboxylic acid groups (broad SMARTS) is 1. The molecule has 1 aromatic heterocycles. The van der Waals surface area contributed by atoms with Gasteiger partial charge in [0.25, 0.3) is 5.56 Å². The Morgan fingerprint density at radius 3 is 2.81 bits per heavy atom. The summed E-state index contributed by atoms with van der Waals surface area (Å²) in [7, 11) is 0. The molecular formula is C15H14N2O4. The Bertz CT molecular complexity index is 763. The van der Waals surface area contributed by atoms with Gasteiger partial charge < -0.3 is 14.8 Å². The van der Waals surface area contributed by atoms with Crippen molar-refractivity contribution in [1.82, 2.24) is 9.97 Å². The zero-order valence-corrected chi connectivity index (χ0v) is 11.4. The number of ether oxygens (including phenoxy) is 1. The molecule has 1 aliphatic carbocycles. The number of rotatable bonds is 4. The number of aromatic carboxylic acids is 1. The highest BCUT2D eigenvalue weighted by Gasteiger charge is 2.26. The van der Waals surface area contributed by atoms with Crippen molar-refractivity contribution in [2.45, 2.75) is 25.7 Å². The molecule has 3 rings (SSSR count). The van der Waals surface area contributed by atoms with Crippen LogP contribution in [0.1, 0.15) is 40.5 Å². The van der Waals surface area contributed by atoms with E-state index in [1.807, 2.05) is 0 Å². The summed E-state index contributed by atoms with van der Waals surface area (Å²) in [4.78, 5) is 29.6. The Balaban J connectivity index is 1.94. The summed E-state index contributed by atoms with van der Waals surface area (Å²) in [6.45, 7) is 1.80. The molecule has 0 atom stereocenters. The summed E-state index contributed by atoms with van der Waals surface area (Å²) in [5.41, 5.74) is 0.631. The number of carboxylic acids is 1. The third-order valence-corrected chi connectivity index (χ3v) is 3.35. The van der Waals surface area contributed by atoms with E-state index in [2.05, 4.69) is 9.97 Å². The summed E-state index contributed by atoms with van der Waals surface area (Å²) in [6.07, 6.45) is 2.03. The molecule has 0 bridgehead atoms. The van der Waals surface area contributed by atoms with Crippen molar-refractivity contribution in [2.24, 2.45) is 0 Å². The van der Waals surface area contributed by atoms with Crippen LogP contribution in [0.4, 0.5) is 0 Å². The molecule has 0 unspecified atom stereocenters. The monoisotopic (exact) mass is 286 g/mol. The number of hydrogen-bond acceptors (Lipinski definition) is 4. The summed E-state index contributed by atoms with van der Waals surface area (Å²) in [5.74, 6) is 0.468. The Morgan fingerprint density at radius 2 is 2.14 bits per heavy atom. The highest BCUT2D eigenvalue weighted by atomic mass is 16.5. The number of nitrogens with zero attached hydrogens (tertiary/aromatic N) is 1. The van der Waals surface area contributed by atoms with Crippen molar-refractivity contribution in [3.8, 4) is 11.6 Å². The average Bonchev–Trinajstić information content (AvgIpc) is 3.24. The molecule has 6 heteroatoms. The van der Waals surface area contributed by atoms with E-state index in [1.54, 1.807) is 13.0 Å². The first-order valence-electron chi connectivity index (χ1n) is 6.66. The van der Waals surface area contributed by atoms with Crippen molar-refractivity contribution in [2.75, 3.05) is 0 Å². The highest BCUT2D eigenvalue weighted by molar-refractivity contribution is 5.88. The number of benzene rings is 1. The van der Waals surface area contributed by atoms with Crippen LogP contribution in [-0.4, -0.2) is 21.0 Å². The standard InChI is InChI=1S/C15H14N2O4/c1-8-2-3-10(15(19)20)6-11(8)21-13-7-12(18)16-14(17-13)9-4-5-9/h2-3,6-7,9H,4-5H2,1H3,(H,19,20)(H,16,17,18). The molecule has 2 aromatic rings. The van der Waals surface area contributed by atoms with Crippen LogP contribution in [0.2, 0.25) is 0 Å². The summed E-state index contributed by atoms with van der Waals surface area (Å²) >= 11 is 0. The van der Waals surface area contributed by atoms with E-state index in [9.17, 15) is 9.59 Å². The molecule has 1 aliphatic rings. The van der Waals surface area contributed by atoms with Crippen LogP contribution in [-0.2, 0) is 0 Å². The fourth-order valence-electron chi connectivity index (χ4n) is 2.01. The maximum absolute atomic E-state index is 11.6. The second kappa shape index (κ2) is 5.05. The van der Waals surface area contributed by atoms with Crippen molar-refractivity contribution in [3.63, 3.8) is 0 Å². The van der Waals surface area contributed by atoms with E-state index in [-0.39, 0.29) is 17.0 Å². The van der Waals surface area contributed by atoms with Crippen LogP contribution >= 0.6 is 0 Å². The predicted molar refractivity (Wildman–Crippen MR) is 75.0 cm³/mol. The van der Waals surface area contributed by atoms with Gasteiger partial charge in [0.15, 0.2) is 0 Å². The Labute approximate surface area is 120 Å². The van der Waals surface area contributed by atoms with Crippen molar-refractivity contribution in [3.05, 3.63) is 51.6 Å². The quantitative estimate of drug-likeness (QED) is 0.900. The lowest BCUT2D eigenvalue weighted by molar-refractivity contribution is 0.0696. The zero-order chi connectivity index (χ0) is 15.0. The molecule has 6 nitrogen and oxygen atoms in total.